The molecule has 0 atom stereocenters. The Kier molecular flexibility index (Phi) is 4.50. The number of aromatic nitrogens is 2. The zero-order valence-corrected chi connectivity index (χ0v) is 9.82. The van der Waals surface area contributed by atoms with Crippen LogP contribution in [0.25, 0.3) is 0 Å². The van der Waals surface area contributed by atoms with E-state index >= 15 is 0 Å². The second-order valence-corrected chi connectivity index (χ2v) is 3.20. The average Bonchev–Trinajstić information content (AvgIpc) is 2.35. The second-order valence-electron chi connectivity index (χ2n) is 3.20. The summed E-state index contributed by atoms with van der Waals surface area (Å²) in [6.45, 7) is 2.99. The number of nitrogens with zero attached hydrogens (tertiary/aromatic N) is 3. The molecule has 0 saturated heterocycles. The summed E-state index contributed by atoms with van der Waals surface area (Å²) in [7, 11) is 3.41. The van der Waals surface area contributed by atoms with Gasteiger partial charge in [-0.25, -0.2) is 9.97 Å². The van der Waals surface area contributed by atoms with Crippen LogP contribution in [-0.4, -0.2) is 43.1 Å². The van der Waals surface area contributed by atoms with Crippen molar-refractivity contribution in [2.45, 2.75) is 6.92 Å². The van der Waals surface area contributed by atoms with Gasteiger partial charge in [-0.2, -0.15) is 0 Å². The van der Waals surface area contributed by atoms with E-state index < -0.39 is 0 Å². The molecule has 6 nitrogen and oxygen atoms in total. The monoisotopic (exact) mass is 223 g/mol. The summed E-state index contributed by atoms with van der Waals surface area (Å²) in [5, 5.41) is 5.52. The highest BCUT2D eigenvalue weighted by molar-refractivity contribution is 5.80. The van der Waals surface area contributed by atoms with Crippen LogP contribution in [0.3, 0.4) is 0 Å². The third-order valence-corrected chi connectivity index (χ3v) is 2.23. The number of anilines is 2. The molecule has 1 amide bonds. The van der Waals surface area contributed by atoms with Gasteiger partial charge in [-0.1, -0.05) is 0 Å². The van der Waals surface area contributed by atoms with Gasteiger partial charge in [-0.15, -0.1) is 0 Å². The van der Waals surface area contributed by atoms with E-state index in [-0.39, 0.29) is 5.91 Å². The molecule has 1 rings (SSSR count). The molecule has 0 radical (unpaired) electrons. The standard InChI is InChI=1S/C10H17N5O/c1-4-15(6-10(16)12-3)9-5-8(11-2)13-7-14-9/h5,7H,4,6H2,1-3H3,(H,12,16)(H,11,13,14). The van der Waals surface area contributed by atoms with Gasteiger partial charge >= 0.3 is 0 Å². The number of amides is 1. The number of rotatable bonds is 5. The Morgan fingerprint density at radius 1 is 1.44 bits per heavy atom. The molecule has 1 aromatic heterocycles. The van der Waals surface area contributed by atoms with Crippen molar-refractivity contribution >= 4 is 17.5 Å². The molecule has 0 aromatic carbocycles. The first-order valence-electron chi connectivity index (χ1n) is 5.16. The second kappa shape index (κ2) is 5.89. The third kappa shape index (κ3) is 3.08. The number of hydrogen-bond donors (Lipinski definition) is 2. The Hall–Kier alpha value is -1.85. The van der Waals surface area contributed by atoms with Crippen LogP contribution in [-0.2, 0) is 4.79 Å². The van der Waals surface area contributed by atoms with Crippen LogP contribution < -0.4 is 15.5 Å². The lowest BCUT2D eigenvalue weighted by Gasteiger charge is -2.20. The van der Waals surface area contributed by atoms with E-state index in [2.05, 4.69) is 20.6 Å². The molecule has 0 saturated carbocycles. The van der Waals surface area contributed by atoms with Gasteiger partial charge in [0.25, 0.3) is 0 Å². The van der Waals surface area contributed by atoms with Gasteiger partial charge < -0.3 is 15.5 Å². The molecule has 0 fully saturated rings. The molecule has 88 valence electrons. The zero-order valence-electron chi connectivity index (χ0n) is 9.82. The van der Waals surface area contributed by atoms with Crippen LogP contribution in [0.2, 0.25) is 0 Å². The average molecular weight is 223 g/mol. The number of hydrogen-bond acceptors (Lipinski definition) is 5. The Bertz CT molecular complexity index is 355. The minimum Gasteiger partial charge on any atom is -0.373 e. The number of carbonyl (C=O) groups is 1. The van der Waals surface area contributed by atoms with E-state index in [1.54, 1.807) is 14.1 Å². The predicted octanol–water partition coefficient (Wildman–Crippen LogP) is 0.0906. The molecular formula is C10H17N5O. The van der Waals surface area contributed by atoms with Crippen molar-refractivity contribution < 1.29 is 4.79 Å². The van der Waals surface area contributed by atoms with Gasteiger partial charge in [-0.3, -0.25) is 4.79 Å². The number of likely N-dealkylation sites (N-methyl/N-ethyl adjacent to an activating group) is 2. The highest BCUT2D eigenvalue weighted by Gasteiger charge is 2.10. The molecule has 0 unspecified atom stereocenters. The topological polar surface area (TPSA) is 70.2 Å². The van der Waals surface area contributed by atoms with Crippen molar-refractivity contribution in [2.75, 3.05) is 37.4 Å². The van der Waals surface area contributed by atoms with Gasteiger partial charge in [0, 0.05) is 26.7 Å². The fraction of sp³-hybridized carbons (Fsp3) is 0.500. The van der Waals surface area contributed by atoms with Crippen molar-refractivity contribution in [1.82, 2.24) is 15.3 Å². The molecule has 1 aromatic rings. The minimum atomic E-state index is -0.0357. The fourth-order valence-corrected chi connectivity index (χ4v) is 1.26. The van der Waals surface area contributed by atoms with Crippen LogP contribution >= 0.6 is 0 Å². The summed E-state index contributed by atoms with van der Waals surface area (Å²) in [5.41, 5.74) is 0. The quantitative estimate of drug-likeness (QED) is 0.740. The molecule has 6 heteroatoms. The maximum absolute atomic E-state index is 11.3. The minimum absolute atomic E-state index is 0.0357. The van der Waals surface area contributed by atoms with Crippen LogP contribution in [0.1, 0.15) is 6.92 Å². The van der Waals surface area contributed by atoms with Crippen LogP contribution in [0.4, 0.5) is 11.6 Å². The van der Waals surface area contributed by atoms with Crippen molar-refractivity contribution in [2.24, 2.45) is 0 Å². The third-order valence-electron chi connectivity index (χ3n) is 2.23. The molecule has 2 N–H and O–H groups in total. The molecule has 0 aliphatic carbocycles. The molecule has 0 bridgehead atoms. The van der Waals surface area contributed by atoms with Crippen molar-refractivity contribution in [3.8, 4) is 0 Å². The molecule has 0 aliphatic heterocycles. The van der Waals surface area contributed by atoms with Crippen LogP contribution in [0.5, 0.6) is 0 Å². The van der Waals surface area contributed by atoms with Crippen LogP contribution in [0, 0.1) is 0 Å². The first kappa shape index (κ1) is 12.2. The molecule has 0 spiro atoms. The Labute approximate surface area is 95.1 Å². The smallest absolute Gasteiger partial charge is 0.239 e. The Balaban J connectivity index is 2.81. The number of nitrogens with one attached hydrogen (secondary N) is 2. The largest absolute Gasteiger partial charge is 0.373 e. The summed E-state index contributed by atoms with van der Waals surface area (Å²) in [6, 6.07) is 1.81. The van der Waals surface area contributed by atoms with Crippen LogP contribution in [0.15, 0.2) is 12.4 Å². The molecule has 0 aliphatic rings. The van der Waals surface area contributed by atoms with E-state index in [9.17, 15) is 4.79 Å². The van der Waals surface area contributed by atoms with Gasteiger partial charge in [0.2, 0.25) is 5.91 Å². The first-order valence-corrected chi connectivity index (χ1v) is 5.16. The molecule has 1 heterocycles. The summed E-state index contributed by atoms with van der Waals surface area (Å²) in [5.74, 6) is 1.44. The number of carbonyl (C=O) groups excluding carboxylic acids is 1. The highest BCUT2D eigenvalue weighted by atomic mass is 16.1. The van der Waals surface area contributed by atoms with Gasteiger partial charge in [0.15, 0.2) is 0 Å². The van der Waals surface area contributed by atoms with Crippen molar-refractivity contribution in [3.63, 3.8) is 0 Å². The van der Waals surface area contributed by atoms with E-state index in [1.165, 1.54) is 6.33 Å². The van der Waals surface area contributed by atoms with Crippen molar-refractivity contribution in [3.05, 3.63) is 12.4 Å². The van der Waals surface area contributed by atoms with Gasteiger partial charge in [-0.05, 0) is 6.92 Å². The maximum Gasteiger partial charge on any atom is 0.239 e. The lowest BCUT2D eigenvalue weighted by molar-refractivity contribution is -0.119. The summed E-state index contributed by atoms with van der Waals surface area (Å²) >= 11 is 0. The summed E-state index contributed by atoms with van der Waals surface area (Å²) < 4.78 is 0. The lowest BCUT2D eigenvalue weighted by atomic mass is 10.4. The Morgan fingerprint density at radius 3 is 2.75 bits per heavy atom. The van der Waals surface area contributed by atoms with E-state index in [0.29, 0.717) is 13.1 Å². The maximum atomic E-state index is 11.3. The van der Waals surface area contributed by atoms with Gasteiger partial charge in [0.05, 0.1) is 6.54 Å². The SMILES string of the molecule is CCN(CC(=O)NC)c1cc(NC)ncn1. The molecule has 16 heavy (non-hydrogen) atoms. The fourth-order valence-electron chi connectivity index (χ4n) is 1.26. The first-order chi connectivity index (χ1) is 7.71. The molecular weight excluding hydrogens is 206 g/mol. The summed E-state index contributed by atoms with van der Waals surface area (Å²) in [4.78, 5) is 21.3. The van der Waals surface area contributed by atoms with E-state index in [4.69, 9.17) is 0 Å². The predicted molar refractivity (Wildman–Crippen MR) is 63.5 cm³/mol. The normalized spacial score (nSPS) is 9.69. The summed E-state index contributed by atoms with van der Waals surface area (Å²) in [6.07, 6.45) is 1.48. The van der Waals surface area contributed by atoms with Gasteiger partial charge in [0.1, 0.15) is 18.0 Å². The van der Waals surface area contributed by atoms with Crippen molar-refractivity contribution in [1.29, 1.82) is 0 Å². The Morgan fingerprint density at radius 2 is 2.19 bits per heavy atom. The van der Waals surface area contributed by atoms with E-state index in [1.807, 2.05) is 17.9 Å². The lowest BCUT2D eigenvalue weighted by Crippen LogP contribution is -2.36. The van der Waals surface area contributed by atoms with E-state index in [0.717, 1.165) is 11.6 Å². The highest BCUT2D eigenvalue weighted by Crippen LogP contribution is 2.12. The zero-order chi connectivity index (χ0) is 12.0.